The van der Waals surface area contributed by atoms with Gasteiger partial charge in [0.15, 0.2) is 0 Å². The number of aryl methyl sites for hydroxylation is 1. The van der Waals surface area contributed by atoms with E-state index in [2.05, 4.69) is 28.4 Å². The topological polar surface area (TPSA) is 24.5 Å². The Labute approximate surface area is 127 Å². The number of hydrogen-bond donors (Lipinski definition) is 1. The maximum atomic E-state index is 5.46. The van der Waals surface area contributed by atoms with E-state index in [-0.39, 0.29) is 0 Å². The van der Waals surface area contributed by atoms with Gasteiger partial charge < -0.3 is 10.1 Å². The lowest BCUT2D eigenvalue weighted by Crippen LogP contribution is -2.38. The van der Waals surface area contributed by atoms with Crippen molar-refractivity contribution < 1.29 is 4.74 Å². The van der Waals surface area contributed by atoms with Crippen LogP contribution in [0.2, 0.25) is 0 Å². The van der Waals surface area contributed by atoms with Crippen LogP contribution in [0.4, 0.5) is 0 Å². The third-order valence-corrected chi connectivity index (χ3v) is 5.63. The molecule has 2 aliphatic heterocycles. The number of rotatable bonds is 2. The second-order valence-corrected chi connectivity index (χ2v) is 6.89. The van der Waals surface area contributed by atoms with Gasteiger partial charge in [-0.25, -0.2) is 0 Å². The second-order valence-electron chi connectivity index (χ2n) is 6.89. The molecule has 0 amide bonds. The number of benzene rings is 1. The zero-order valence-corrected chi connectivity index (χ0v) is 13.0. The Balaban J connectivity index is 1.61. The van der Waals surface area contributed by atoms with E-state index < -0.39 is 0 Å². The Morgan fingerprint density at radius 1 is 1.14 bits per heavy atom. The molecule has 2 heterocycles. The van der Waals surface area contributed by atoms with Crippen LogP contribution in [0, 0.1) is 0 Å². The van der Waals surface area contributed by atoms with Crippen molar-refractivity contribution in [1.29, 1.82) is 0 Å². The number of nitrogens with one attached hydrogen (secondary N) is 1. The molecular formula is C18H26N2O. The minimum atomic E-state index is 0.602. The van der Waals surface area contributed by atoms with Gasteiger partial charge in [0.25, 0.3) is 0 Å². The summed E-state index contributed by atoms with van der Waals surface area (Å²) in [5.74, 6) is 1.01. The largest absolute Gasteiger partial charge is 0.497 e. The fourth-order valence-corrected chi connectivity index (χ4v) is 4.51. The molecule has 0 aromatic heterocycles. The fourth-order valence-electron chi connectivity index (χ4n) is 4.51. The van der Waals surface area contributed by atoms with Crippen LogP contribution in [0.1, 0.15) is 49.3 Å². The van der Waals surface area contributed by atoms with E-state index in [0.717, 1.165) is 11.8 Å². The van der Waals surface area contributed by atoms with E-state index in [9.17, 15) is 0 Å². The van der Waals surface area contributed by atoms with Gasteiger partial charge in [-0.2, -0.15) is 0 Å². The molecule has 3 unspecified atom stereocenters. The van der Waals surface area contributed by atoms with Gasteiger partial charge in [-0.3, -0.25) is 4.90 Å². The average molecular weight is 286 g/mol. The molecule has 3 nitrogen and oxygen atoms in total. The first-order valence-electron chi connectivity index (χ1n) is 8.50. The molecule has 2 fully saturated rings. The summed E-state index contributed by atoms with van der Waals surface area (Å²) in [7, 11) is 1.77. The van der Waals surface area contributed by atoms with Crippen LogP contribution in [0.5, 0.6) is 5.75 Å². The Kier molecular flexibility index (Phi) is 3.64. The molecule has 0 radical (unpaired) electrons. The highest BCUT2D eigenvalue weighted by Crippen LogP contribution is 2.38. The van der Waals surface area contributed by atoms with E-state index in [1.807, 2.05) is 0 Å². The van der Waals surface area contributed by atoms with Crippen molar-refractivity contribution >= 4 is 0 Å². The average Bonchev–Trinajstić information content (AvgIpc) is 2.85. The van der Waals surface area contributed by atoms with Crippen LogP contribution >= 0.6 is 0 Å². The number of nitrogens with zero attached hydrogens (tertiary/aromatic N) is 1. The van der Waals surface area contributed by atoms with Crippen LogP contribution in [0.3, 0.4) is 0 Å². The molecular weight excluding hydrogens is 260 g/mol. The van der Waals surface area contributed by atoms with E-state index >= 15 is 0 Å². The van der Waals surface area contributed by atoms with Gasteiger partial charge in [-0.1, -0.05) is 6.07 Å². The molecule has 1 aromatic rings. The van der Waals surface area contributed by atoms with Gasteiger partial charge in [0.2, 0.25) is 0 Å². The van der Waals surface area contributed by atoms with E-state index in [0.29, 0.717) is 12.1 Å². The molecule has 3 heteroatoms. The molecule has 3 atom stereocenters. The number of fused-ring (bicyclic) bond motifs is 3. The maximum absolute atomic E-state index is 5.46. The standard InChI is InChI=1S/C18H26N2O/c1-21-16-8-5-13-3-2-4-18(17(13)11-16)20-10-9-14-6-7-15(12-20)19-14/h5,8,11,14-15,18-19H,2-4,6-7,9-10,12H2,1H3. The van der Waals surface area contributed by atoms with Crippen LogP contribution in [-0.4, -0.2) is 37.2 Å². The molecule has 114 valence electrons. The number of likely N-dealkylation sites (tertiary alicyclic amines) is 1. The van der Waals surface area contributed by atoms with Gasteiger partial charge >= 0.3 is 0 Å². The number of hydrogen-bond acceptors (Lipinski definition) is 3. The summed E-state index contributed by atoms with van der Waals surface area (Å²) in [6.45, 7) is 2.47. The first kappa shape index (κ1) is 13.6. The molecule has 3 aliphatic rings. The molecule has 4 rings (SSSR count). The normalized spacial score (nSPS) is 32.5. The Bertz CT molecular complexity index is 516. The van der Waals surface area contributed by atoms with Crippen LogP contribution in [-0.2, 0) is 6.42 Å². The van der Waals surface area contributed by atoms with Crippen molar-refractivity contribution in [1.82, 2.24) is 10.2 Å². The highest BCUT2D eigenvalue weighted by Gasteiger charge is 2.34. The van der Waals surface area contributed by atoms with Gasteiger partial charge in [-0.15, -0.1) is 0 Å². The van der Waals surface area contributed by atoms with Crippen LogP contribution in [0.25, 0.3) is 0 Å². The predicted molar refractivity (Wildman–Crippen MR) is 84.8 cm³/mol. The van der Waals surface area contributed by atoms with E-state index in [4.69, 9.17) is 4.74 Å². The molecule has 0 saturated carbocycles. The summed E-state index contributed by atoms with van der Waals surface area (Å²) < 4.78 is 5.46. The summed E-state index contributed by atoms with van der Waals surface area (Å²) >= 11 is 0. The first-order chi connectivity index (χ1) is 10.3. The second kappa shape index (κ2) is 5.62. The summed E-state index contributed by atoms with van der Waals surface area (Å²) in [5, 5.41) is 3.80. The smallest absolute Gasteiger partial charge is 0.119 e. The Morgan fingerprint density at radius 2 is 2.05 bits per heavy atom. The fraction of sp³-hybridized carbons (Fsp3) is 0.667. The van der Waals surface area contributed by atoms with Gasteiger partial charge in [0.1, 0.15) is 5.75 Å². The summed E-state index contributed by atoms with van der Waals surface area (Å²) in [6, 6.07) is 8.78. The molecule has 0 spiro atoms. The minimum Gasteiger partial charge on any atom is -0.497 e. The zero-order valence-electron chi connectivity index (χ0n) is 13.0. The van der Waals surface area contributed by atoms with E-state index in [1.165, 1.54) is 62.7 Å². The molecule has 21 heavy (non-hydrogen) atoms. The lowest BCUT2D eigenvalue weighted by molar-refractivity contribution is 0.169. The molecule has 2 saturated heterocycles. The summed E-state index contributed by atoms with van der Waals surface area (Å²) in [4.78, 5) is 2.74. The number of ether oxygens (including phenoxy) is 1. The summed E-state index contributed by atoms with van der Waals surface area (Å²) in [6.07, 6.45) is 7.91. The predicted octanol–water partition coefficient (Wildman–Crippen LogP) is 2.90. The third kappa shape index (κ3) is 2.58. The Hall–Kier alpha value is -1.06. The minimum absolute atomic E-state index is 0.602. The first-order valence-corrected chi connectivity index (χ1v) is 8.50. The van der Waals surface area contributed by atoms with Gasteiger partial charge in [-0.05, 0) is 61.8 Å². The van der Waals surface area contributed by atoms with Crippen LogP contribution in [0.15, 0.2) is 18.2 Å². The van der Waals surface area contributed by atoms with E-state index in [1.54, 1.807) is 7.11 Å². The lowest BCUT2D eigenvalue weighted by atomic mass is 9.86. The SMILES string of the molecule is COc1ccc2c(c1)C(N1CCC3CCC(C1)N3)CCC2. The molecule has 1 aromatic carbocycles. The monoisotopic (exact) mass is 286 g/mol. The molecule has 1 N–H and O–H groups in total. The maximum Gasteiger partial charge on any atom is 0.119 e. The van der Waals surface area contributed by atoms with Crippen LogP contribution < -0.4 is 10.1 Å². The van der Waals surface area contributed by atoms with Crippen molar-refractivity contribution in [3.8, 4) is 5.75 Å². The highest BCUT2D eigenvalue weighted by molar-refractivity contribution is 5.39. The molecule has 1 aliphatic carbocycles. The Morgan fingerprint density at radius 3 is 2.95 bits per heavy atom. The van der Waals surface area contributed by atoms with Crippen molar-refractivity contribution in [3.05, 3.63) is 29.3 Å². The lowest BCUT2D eigenvalue weighted by Gasteiger charge is -2.37. The molecule has 2 bridgehead atoms. The zero-order chi connectivity index (χ0) is 14.2. The van der Waals surface area contributed by atoms with Gasteiger partial charge in [0.05, 0.1) is 7.11 Å². The summed E-state index contributed by atoms with van der Waals surface area (Å²) in [5.41, 5.74) is 3.06. The van der Waals surface area contributed by atoms with Crippen molar-refractivity contribution in [2.24, 2.45) is 0 Å². The van der Waals surface area contributed by atoms with Gasteiger partial charge in [0, 0.05) is 31.2 Å². The quantitative estimate of drug-likeness (QED) is 0.905. The van der Waals surface area contributed by atoms with Crippen molar-refractivity contribution in [2.75, 3.05) is 20.2 Å². The third-order valence-electron chi connectivity index (χ3n) is 5.63. The van der Waals surface area contributed by atoms with Crippen molar-refractivity contribution in [2.45, 2.75) is 56.7 Å². The van der Waals surface area contributed by atoms with Crippen molar-refractivity contribution in [3.63, 3.8) is 0 Å². The highest BCUT2D eigenvalue weighted by atomic mass is 16.5. The number of methoxy groups -OCH3 is 1.